The molecule has 3 N–H and O–H groups in total. The molecule has 2 fully saturated rings. The molecule has 3 heteroatoms. The Bertz CT molecular complexity index is 199. The predicted molar refractivity (Wildman–Crippen MR) is 51.1 cm³/mol. The summed E-state index contributed by atoms with van der Waals surface area (Å²) in [7, 11) is 0. The highest BCUT2D eigenvalue weighted by Gasteiger charge is 2.32. The maximum atomic E-state index is 11.0. The highest BCUT2D eigenvalue weighted by atomic mass is 16.1. The standard InChI is InChI=1S/C10H18N2O/c11-10(7-3-1-2-4-7)8-5-9(13)12-6-8/h7-8,10H,1-6,11H2,(H,12,13). The van der Waals surface area contributed by atoms with Crippen LogP contribution < -0.4 is 11.1 Å². The Labute approximate surface area is 79.1 Å². The zero-order valence-corrected chi connectivity index (χ0v) is 7.96. The fourth-order valence-corrected chi connectivity index (χ4v) is 2.63. The molecule has 1 saturated heterocycles. The number of hydrogen-bond donors (Lipinski definition) is 2. The fourth-order valence-electron chi connectivity index (χ4n) is 2.63. The minimum absolute atomic E-state index is 0.179. The number of rotatable bonds is 2. The van der Waals surface area contributed by atoms with Crippen molar-refractivity contribution in [1.29, 1.82) is 0 Å². The monoisotopic (exact) mass is 182 g/mol. The SMILES string of the molecule is NC(C1CCCC1)C1CNC(=O)C1. The summed E-state index contributed by atoms with van der Waals surface area (Å²) in [6, 6.07) is 0.251. The zero-order valence-electron chi connectivity index (χ0n) is 7.96. The van der Waals surface area contributed by atoms with Gasteiger partial charge in [0.15, 0.2) is 0 Å². The van der Waals surface area contributed by atoms with Crippen LogP contribution in [-0.4, -0.2) is 18.5 Å². The Balaban J connectivity index is 1.88. The molecule has 3 nitrogen and oxygen atoms in total. The molecule has 0 bridgehead atoms. The summed E-state index contributed by atoms with van der Waals surface area (Å²) in [5, 5.41) is 2.86. The van der Waals surface area contributed by atoms with Gasteiger partial charge in [0.2, 0.25) is 5.91 Å². The lowest BCUT2D eigenvalue weighted by molar-refractivity contribution is -0.119. The summed E-state index contributed by atoms with van der Waals surface area (Å²) >= 11 is 0. The number of nitrogens with two attached hydrogens (primary N) is 1. The van der Waals surface area contributed by atoms with E-state index in [9.17, 15) is 4.79 Å². The summed E-state index contributed by atoms with van der Waals surface area (Å²) in [6.07, 6.45) is 5.84. The maximum Gasteiger partial charge on any atom is 0.220 e. The highest BCUT2D eigenvalue weighted by molar-refractivity contribution is 5.78. The van der Waals surface area contributed by atoms with Gasteiger partial charge in [0, 0.05) is 24.9 Å². The van der Waals surface area contributed by atoms with E-state index in [1.807, 2.05) is 0 Å². The number of carbonyl (C=O) groups excluding carboxylic acids is 1. The van der Waals surface area contributed by atoms with Gasteiger partial charge in [0.25, 0.3) is 0 Å². The maximum absolute atomic E-state index is 11.0. The summed E-state index contributed by atoms with van der Waals surface area (Å²) in [6.45, 7) is 0.802. The summed E-state index contributed by atoms with van der Waals surface area (Å²) in [5.41, 5.74) is 6.15. The van der Waals surface area contributed by atoms with Gasteiger partial charge >= 0.3 is 0 Å². The van der Waals surface area contributed by atoms with Gasteiger partial charge in [-0.15, -0.1) is 0 Å². The molecule has 1 aliphatic heterocycles. The molecule has 74 valence electrons. The van der Waals surface area contributed by atoms with Gasteiger partial charge in [0.05, 0.1) is 0 Å². The van der Waals surface area contributed by atoms with E-state index in [-0.39, 0.29) is 11.9 Å². The zero-order chi connectivity index (χ0) is 9.26. The second-order valence-electron chi connectivity index (χ2n) is 4.39. The fraction of sp³-hybridized carbons (Fsp3) is 0.900. The average Bonchev–Trinajstić information content (AvgIpc) is 2.72. The molecule has 13 heavy (non-hydrogen) atoms. The van der Waals surface area contributed by atoms with Crippen LogP contribution in [0.25, 0.3) is 0 Å². The van der Waals surface area contributed by atoms with Crippen LogP contribution in [0.4, 0.5) is 0 Å². The van der Waals surface area contributed by atoms with Crippen LogP contribution >= 0.6 is 0 Å². The van der Waals surface area contributed by atoms with Crippen molar-refractivity contribution in [3.8, 4) is 0 Å². The Morgan fingerprint density at radius 1 is 1.31 bits per heavy atom. The van der Waals surface area contributed by atoms with Gasteiger partial charge in [-0.3, -0.25) is 4.79 Å². The minimum atomic E-state index is 0.179. The molecule has 1 saturated carbocycles. The molecule has 2 rings (SSSR count). The smallest absolute Gasteiger partial charge is 0.220 e. The first-order valence-electron chi connectivity index (χ1n) is 5.29. The molecule has 1 amide bonds. The lowest BCUT2D eigenvalue weighted by atomic mass is 9.87. The van der Waals surface area contributed by atoms with Gasteiger partial charge < -0.3 is 11.1 Å². The van der Waals surface area contributed by atoms with Crippen LogP contribution in [0.2, 0.25) is 0 Å². The Morgan fingerprint density at radius 2 is 2.00 bits per heavy atom. The molecule has 0 aromatic rings. The molecule has 0 aromatic carbocycles. The summed E-state index contributed by atoms with van der Waals surface area (Å²) < 4.78 is 0. The van der Waals surface area contributed by atoms with Crippen molar-refractivity contribution in [1.82, 2.24) is 5.32 Å². The topological polar surface area (TPSA) is 55.1 Å². The van der Waals surface area contributed by atoms with Crippen molar-refractivity contribution in [3.05, 3.63) is 0 Å². The quantitative estimate of drug-likeness (QED) is 0.658. The van der Waals surface area contributed by atoms with Crippen molar-refractivity contribution in [2.75, 3.05) is 6.54 Å². The second-order valence-corrected chi connectivity index (χ2v) is 4.39. The molecular formula is C10H18N2O. The molecule has 0 aromatic heterocycles. The van der Waals surface area contributed by atoms with E-state index >= 15 is 0 Å². The van der Waals surface area contributed by atoms with E-state index in [1.54, 1.807) is 0 Å². The number of nitrogens with one attached hydrogen (secondary N) is 1. The van der Waals surface area contributed by atoms with E-state index in [1.165, 1.54) is 25.7 Å². The van der Waals surface area contributed by atoms with Crippen molar-refractivity contribution < 1.29 is 4.79 Å². The van der Waals surface area contributed by atoms with Crippen LogP contribution in [0.3, 0.4) is 0 Å². The van der Waals surface area contributed by atoms with Crippen LogP contribution in [0.5, 0.6) is 0 Å². The number of carbonyl (C=O) groups is 1. The van der Waals surface area contributed by atoms with E-state index in [0.29, 0.717) is 18.3 Å². The van der Waals surface area contributed by atoms with Crippen molar-refractivity contribution in [2.24, 2.45) is 17.6 Å². The first-order chi connectivity index (χ1) is 6.27. The van der Waals surface area contributed by atoms with Crippen molar-refractivity contribution in [3.63, 3.8) is 0 Å². The third-order valence-electron chi connectivity index (χ3n) is 3.50. The van der Waals surface area contributed by atoms with Gasteiger partial charge in [-0.2, -0.15) is 0 Å². The van der Waals surface area contributed by atoms with Crippen molar-refractivity contribution in [2.45, 2.75) is 38.1 Å². The molecule has 0 spiro atoms. The van der Waals surface area contributed by atoms with Crippen LogP contribution in [0.15, 0.2) is 0 Å². The van der Waals surface area contributed by atoms with E-state index in [2.05, 4.69) is 5.32 Å². The Hall–Kier alpha value is -0.570. The largest absolute Gasteiger partial charge is 0.356 e. The molecule has 0 radical (unpaired) electrons. The number of amides is 1. The van der Waals surface area contributed by atoms with Gasteiger partial charge in [-0.1, -0.05) is 12.8 Å². The van der Waals surface area contributed by atoms with E-state index in [4.69, 9.17) is 5.73 Å². The first kappa shape index (κ1) is 9.00. The minimum Gasteiger partial charge on any atom is -0.356 e. The molecular weight excluding hydrogens is 164 g/mol. The number of hydrogen-bond acceptors (Lipinski definition) is 2. The molecule has 1 aliphatic carbocycles. The lowest BCUT2D eigenvalue weighted by Gasteiger charge is -2.23. The van der Waals surface area contributed by atoms with Crippen LogP contribution in [0, 0.1) is 11.8 Å². The van der Waals surface area contributed by atoms with Crippen LogP contribution in [0.1, 0.15) is 32.1 Å². The second kappa shape index (κ2) is 3.66. The molecule has 2 unspecified atom stereocenters. The Kier molecular flexibility index (Phi) is 2.54. The molecule has 2 atom stereocenters. The molecule has 2 aliphatic rings. The highest BCUT2D eigenvalue weighted by Crippen LogP contribution is 2.31. The van der Waals surface area contributed by atoms with Crippen molar-refractivity contribution >= 4 is 5.91 Å². The lowest BCUT2D eigenvalue weighted by Crippen LogP contribution is -2.37. The third kappa shape index (κ3) is 1.85. The first-order valence-corrected chi connectivity index (χ1v) is 5.29. The third-order valence-corrected chi connectivity index (χ3v) is 3.50. The van der Waals surface area contributed by atoms with E-state index < -0.39 is 0 Å². The van der Waals surface area contributed by atoms with E-state index in [0.717, 1.165) is 6.54 Å². The van der Waals surface area contributed by atoms with Gasteiger partial charge in [-0.25, -0.2) is 0 Å². The summed E-state index contributed by atoms with van der Waals surface area (Å²) in [5.74, 6) is 1.26. The van der Waals surface area contributed by atoms with Gasteiger partial charge in [0.1, 0.15) is 0 Å². The Morgan fingerprint density at radius 3 is 2.54 bits per heavy atom. The predicted octanol–water partition coefficient (Wildman–Crippen LogP) is 0.640. The average molecular weight is 182 g/mol. The van der Waals surface area contributed by atoms with Gasteiger partial charge in [-0.05, 0) is 18.8 Å². The molecule has 1 heterocycles. The normalized spacial score (nSPS) is 32.1. The van der Waals surface area contributed by atoms with Crippen LogP contribution in [-0.2, 0) is 4.79 Å². The summed E-state index contributed by atoms with van der Waals surface area (Å²) in [4.78, 5) is 11.0.